The number of amides is 1. The minimum atomic E-state index is -0.288. The van der Waals surface area contributed by atoms with Crippen molar-refractivity contribution in [2.75, 3.05) is 25.6 Å². The fourth-order valence-electron chi connectivity index (χ4n) is 2.72. The molecule has 6 nitrogen and oxygen atoms in total. The molecule has 2 rings (SSSR count). The number of primary amides is 1. The van der Waals surface area contributed by atoms with Crippen molar-refractivity contribution >= 4 is 11.7 Å². The summed E-state index contributed by atoms with van der Waals surface area (Å²) in [6, 6.07) is 4.21. The van der Waals surface area contributed by atoms with E-state index >= 15 is 0 Å². The van der Waals surface area contributed by atoms with Gasteiger partial charge in [0, 0.05) is 39.5 Å². The van der Waals surface area contributed by atoms with E-state index in [1.54, 1.807) is 7.11 Å². The maximum Gasteiger partial charge on any atom is 0.234 e. The van der Waals surface area contributed by atoms with Gasteiger partial charge in [-0.3, -0.25) is 9.69 Å². The molecule has 0 bridgehead atoms. The van der Waals surface area contributed by atoms with Crippen LogP contribution in [-0.4, -0.2) is 54.7 Å². The fraction of sp³-hybridized carbons (Fsp3) is 0.625. The zero-order valence-corrected chi connectivity index (χ0v) is 13.8. The summed E-state index contributed by atoms with van der Waals surface area (Å²) < 4.78 is 5.36. The summed E-state index contributed by atoms with van der Waals surface area (Å²) in [7, 11) is 3.70. The van der Waals surface area contributed by atoms with E-state index in [0.29, 0.717) is 19.0 Å². The highest BCUT2D eigenvalue weighted by Crippen LogP contribution is 2.22. The average molecular weight is 306 g/mol. The van der Waals surface area contributed by atoms with Crippen molar-refractivity contribution in [1.82, 2.24) is 9.88 Å². The van der Waals surface area contributed by atoms with Gasteiger partial charge in [-0.2, -0.15) is 0 Å². The van der Waals surface area contributed by atoms with E-state index in [-0.39, 0.29) is 18.1 Å². The Morgan fingerprint density at radius 1 is 1.55 bits per heavy atom. The Hall–Kier alpha value is -1.66. The van der Waals surface area contributed by atoms with Gasteiger partial charge in [-0.1, -0.05) is 6.07 Å². The van der Waals surface area contributed by atoms with Crippen molar-refractivity contribution in [3.8, 4) is 0 Å². The van der Waals surface area contributed by atoms with E-state index in [0.717, 1.165) is 17.9 Å². The second-order valence-electron chi connectivity index (χ2n) is 6.17. The number of rotatable bonds is 6. The second kappa shape index (κ2) is 7.07. The Balaban J connectivity index is 2.05. The lowest BCUT2D eigenvalue weighted by Crippen LogP contribution is -2.39. The van der Waals surface area contributed by atoms with Gasteiger partial charge in [0.15, 0.2) is 0 Å². The smallest absolute Gasteiger partial charge is 0.234 e. The van der Waals surface area contributed by atoms with Crippen molar-refractivity contribution in [3.05, 3.63) is 23.9 Å². The van der Waals surface area contributed by atoms with Gasteiger partial charge in [0.2, 0.25) is 5.91 Å². The number of methoxy groups -OCH3 is 1. The molecule has 0 unspecified atom stereocenters. The SMILES string of the molecule is CO[C@H]1C[C@@H](C(N)=O)N(Cc2ccc(N(C)C(C)C)nc2)C1. The zero-order chi connectivity index (χ0) is 16.3. The van der Waals surface area contributed by atoms with Crippen molar-refractivity contribution in [2.24, 2.45) is 5.73 Å². The molecule has 1 aromatic heterocycles. The molecule has 0 aromatic carbocycles. The molecule has 1 aliphatic rings. The van der Waals surface area contributed by atoms with Crippen LogP contribution >= 0.6 is 0 Å². The number of aromatic nitrogens is 1. The van der Waals surface area contributed by atoms with Crippen LogP contribution in [0.5, 0.6) is 0 Å². The minimum absolute atomic E-state index is 0.0665. The fourth-order valence-corrected chi connectivity index (χ4v) is 2.72. The van der Waals surface area contributed by atoms with Crippen LogP contribution in [0.2, 0.25) is 0 Å². The summed E-state index contributed by atoms with van der Waals surface area (Å²) in [6.07, 6.45) is 2.59. The Morgan fingerprint density at radius 3 is 2.77 bits per heavy atom. The van der Waals surface area contributed by atoms with E-state index in [4.69, 9.17) is 10.5 Å². The van der Waals surface area contributed by atoms with Gasteiger partial charge in [0.05, 0.1) is 12.1 Å². The van der Waals surface area contributed by atoms with Gasteiger partial charge in [-0.15, -0.1) is 0 Å². The normalized spacial score (nSPS) is 22.2. The van der Waals surface area contributed by atoms with Crippen LogP contribution in [0.1, 0.15) is 25.8 Å². The first-order valence-electron chi connectivity index (χ1n) is 7.66. The highest BCUT2D eigenvalue weighted by Gasteiger charge is 2.35. The third-order valence-electron chi connectivity index (χ3n) is 4.36. The van der Waals surface area contributed by atoms with Crippen LogP contribution < -0.4 is 10.6 Å². The molecule has 0 spiro atoms. The molecule has 2 heterocycles. The molecule has 1 aromatic rings. The van der Waals surface area contributed by atoms with Crippen LogP contribution in [-0.2, 0) is 16.1 Å². The Kier molecular flexibility index (Phi) is 5.37. The summed E-state index contributed by atoms with van der Waals surface area (Å²) >= 11 is 0. The molecule has 1 aliphatic heterocycles. The molecule has 2 atom stereocenters. The summed E-state index contributed by atoms with van der Waals surface area (Å²) in [6.45, 7) is 5.63. The number of carbonyl (C=O) groups excluding carboxylic acids is 1. The topological polar surface area (TPSA) is 71.7 Å². The number of ether oxygens (including phenoxy) is 1. The van der Waals surface area contributed by atoms with Gasteiger partial charge in [0.1, 0.15) is 5.82 Å². The lowest BCUT2D eigenvalue weighted by molar-refractivity contribution is -0.122. The molecule has 6 heteroatoms. The lowest BCUT2D eigenvalue weighted by Gasteiger charge is -2.24. The molecule has 0 saturated carbocycles. The maximum atomic E-state index is 11.6. The van der Waals surface area contributed by atoms with Gasteiger partial charge < -0.3 is 15.4 Å². The summed E-state index contributed by atoms with van der Waals surface area (Å²) in [4.78, 5) is 20.3. The number of carbonyl (C=O) groups is 1. The third kappa shape index (κ3) is 3.75. The third-order valence-corrected chi connectivity index (χ3v) is 4.36. The van der Waals surface area contributed by atoms with E-state index in [1.165, 1.54) is 0 Å². The van der Waals surface area contributed by atoms with Crippen LogP contribution in [0.15, 0.2) is 18.3 Å². The number of likely N-dealkylation sites (tertiary alicyclic amines) is 1. The Bertz CT molecular complexity index is 503. The highest BCUT2D eigenvalue weighted by molar-refractivity contribution is 5.80. The minimum Gasteiger partial charge on any atom is -0.380 e. The van der Waals surface area contributed by atoms with Crippen LogP contribution in [0, 0.1) is 0 Å². The molecule has 2 N–H and O–H groups in total. The van der Waals surface area contributed by atoms with Gasteiger partial charge in [-0.25, -0.2) is 4.98 Å². The number of pyridine rings is 1. The monoisotopic (exact) mass is 306 g/mol. The number of hydrogen-bond donors (Lipinski definition) is 1. The highest BCUT2D eigenvalue weighted by atomic mass is 16.5. The van der Waals surface area contributed by atoms with Crippen molar-refractivity contribution in [1.29, 1.82) is 0 Å². The quantitative estimate of drug-likeness (QED) is 0.849. The first-order valence-corrected chi connectivity index (χ1v) is 7.66. The molecule has 1 fully saturated rings. The molecule has 1 amide bonds. The number of hydrogen-bond acceptors (Lipinski definition) is 5. The lowest BCUT2D eigenvalue weighted by atomic mass is 10.2. The van der Waals surface area contributed by atoms with Gasteiger partial charge >= 0.3 is 0 Å². The first kappa shape index (κ1) is 16.7. The molecule has 0 radical (unpaired) electrons. The standard InChI is InChI=1S/C16H26N4O2/c1-11(2)19(3)15-6-5-12(8-18-15)9-20-10-13(22-4)7-14(20)16(17)21/h5-6,8,11,13-14H,7,9-10H2,1-4H3,(H2,17,21)/t13-,14-/m0/s1. The average Bonchev–Trinajstić information content (AvgIpc) is 2.90. The zero-order valence-electron chi connectivity index (χ0n) is 13.8. The van der Waals surface area contributed by atoms with Crippen molar-refractivity contribution in [2.45, 2.75) is 45.0 Å². The van der Waals surface area contributed by atoms with E-state index in [9.17, 15) is 4.79 Å². The molecule has 0 aliphatic carbocycles. The van der Waals surface area contributed by atoms with E-state index in [2.05, 4.69) is 34.7 Å². The van der Waals surface area contributed by atoms with Crippen LogP contribution in [0.4, 0.5) is 5.82 Å². The van der Waals surface area contributed by atoms with Gasteiger partial charge in [-0.05, 0) is 31.9 Å². The number of nitrogens with zero attached hydrogens (tertiary/aromatic N) is 3. The van der Waals surface area contributed by atoms with Crippen LogP contribution in [0.3, 0.4) is 0 Å². The molecular formula is C16H26N4O2. The maximum absolute atomic E-state index is 11.6. The molecule has 1 saturated heterocycles. The largest absolute Gasteiger partial charge is 0.380 e. The van der Waals surface area contributed by atoms with Gasteiger partial charge in [0.25, 0.3) is 0 Å². The second-order valence-corrected chi connectivity index (χ2v) is 6.17. The van der Waals surface area contributed by atoms with Crippen molar-refractivity contribution < 1.29 is 9.53 Å². The van der Waals surface area contributed by atoms with Crippen molar-refractivity contribution in [3.63, 3.8) is 0 Å². The summed E-state index contributed by atoms with van der Waals surface area (Å²) in [5, 5.41) is 0. The predicted molar refractivity (Wildman–Crippen MR) is 86.6 cm³/mol. The summed E-state index contributed by atoms with van der Waals surface area (Å²) in [5.74, 6) is 0.657. The van der Waals surface area contributed by atoms with Crippen LogP contribution in [0.25, 0.3) is 0 Å². The van der Waals surface area contributed by atoms with E-state index in [1.807, 2.05) is 19.3 Å². The summed E-state index contributed by atoms with van der Waals surface area (Å²) in [5.41, 5.74) is 6.57. The Morgan fingerprint density at radius 2 is 2.27 bits per heavy atom. The number of nitrogens with two attached hydrogens (primary N) is 1. The molecular weight excluding hydrogens is 280 g/mol. The Labute approximate surface area is 132 Å². The number of anilines is 1. The molecule has 22 heavy (non-hydrogen) atoms. The predicted octanol–water partition coefficient (Wildman–Crippen LogP) is 1.00. The first-order chi connectivity index (χ1) is 10.4. The molecule has 122 valence electrons. The van der Waals surface area contributed by atoms with E-state index < -0.39 is 0 Å².